The SMILES string of the molecule is N=C(C(N)=O)c1ccc(C(=O)O)cc1NCC(=O)N1C2CCC(C2)C1C=O. The van der Waals surface area contributed by atoms with Crippen LogP contribution < -0.4 is 11.1 Å². The van der Waals surface area contributed by atoms with Crippen molar-refractivity contribution in [3.8, 4) is 0 Å². The standard InChI is InChI=1S/C18H20N4O5/c19-16(17(20)25)12-4-2-10(18(26)27)6-13(12)21-7-15(24)22-11-3-1-9(5-11)14(22)8-23/h2,4,6,8-9,11,14,19,21H,1,3,5,7H2,(H2,20,25)(H,26,27). The lowest BCUT2D eigenvalue weighted by Crippen LogP contribution is -2.48. The summed E-state index contributed by atoms with van der Waals surface area (Å²) in [4.78, 5) is 48.1. The van der Waals surface area contributed by atoms with E-state index in [4.69, 9.17) is 16.2 Å². The fourth-order valence-corrected chi connectivity index (χ4v) is 4.01. The average Bonchev–Trinajstić information content (AvgIpc) is 3.26. The van der Waals surface area contributed by atoms with Gasteiger partial charge in [-0.3, -0.25) is 15.0 Å². The number of fused-ring (bicyclic) bond motifs is 2. The highest BCUT2D eigenvalue weighted by Crippen LogP contribution is 2.41. The zero-order chi connectivity index (χ0) is 19.7. The minimum absolute atomic E-state index is 0.0493. The van der Waals surface area contributed by atoms with E-state index in [1.54, 1.807) is 4.90 Å². The zero-order valence-corrected chi connectivity index (χ0v) is 14.5. The molecule has 2 fully saturated rings. The summed E-state index contributed by atoms with van der Waals surface area (Å²) in [5.41, 5.74) is 4.85. The van der Waals surface area contributed by atoms with E-state index in [-0.39, 0.29) is 41.2 Å². The van der Waals surface area contributed by atoms with Crippen LogP contribution in [0.5, 0.6) is 0 Å². The summed E-state index contributed by atoms with van der Waals surface area (Å²) in [6.07, 6.45) is 3.43. The Labute approximate surface area is 155 Å². The van der Waals surface area contributed by atoms with Gasteiger partial charge in [-0.15, -0.1) is 0 Å². The minimum Gasteiger partial charge on any atom is -0.478 e. The van der Waals surface area contributed by atoms with Gasteiger partial charge in [-0.1, -0.05) is 0 Å². The number of rotatable bonds is 7. The molecular formula is C18H20N4O5. The third-order valence-corrected chi connectivity index (χ3v) is 5.28. The first kappa shape index (κ1) is 18.6. The number of anilines is 1. The number of aromatic carboxylic acids is 1. The van der Waals surface area contributed by atoms with Crippen LogP contribution in [-0.4, -0.2) is 58.4 Å². The molecule has 2 bridgehead atoms. The number of carboxylic acids is 1. The number of nitrogens with two attached hydrogens (primary N) is 1. The molecule has 9 heteroatoms. The molecule has 1 aliphatic heterocycles. The van der Waals surface area contributed by atoms with E-state index in [9.17, 15) is 19.2 Å². The molecule has 0 radical (unpaired) electrons. The highest BCUT2D eigenvalue weighted by Gasteiger charge is 2.47. The second-order valence-corrected chi connectivity index (χ2v) is 6.81. The van der Waals surface area contributed by atoms with Crippen LogP contribution in [0.1, 0.15) is 35.2 Å². The second kappa shape index (κ2) is 7.18. The van der Waals surface area contributed by atoms with Gasteiger partial charge in [0.1, 0.15) is 12.0 Å². The van der Waals surface area contributed by atoms with Gasteiger partial charge in [0.2, 0.25) is 5.91 Å². The minimum atomic E-state index is -1.18. The molecule has 27 heavy (non-hydrogen) atoms. The van der Waals surface area contributed by atoms with Gasteiger partial charge in [-0.2, -0.15) is 0 Å². The number of aldehydes is 1. The van der Waals surface area contributed by atoms with E-state index in [0.29, 0.717) is 0 Å². The van der Waals surface area contributed by atoms with Crippen LogP contribution in [0.15, 0.2) is 18.2 Å². The number of carbonyl (C=O) groups excluding carboxylic acids is 3. The smallest absolute Gasteiger partial charge is 0.335 e. The van der Waals surface area contributed by atoms with Crippen molar-refractivity contribution in [2.24, 2.45) is 11.7 Å². The van der Waals surface area contributed by atoms with Crippen LogP contribution in [0, 0.1) is 11.3 Å². The van der Waals surface area contributed by atoms with E-state index in [1.165, 1.54) is 18.2 Å². The Balaban J connectivity index is 1.80. The summed E-state index contributed by atoms with van der Waals surface area (Å²) in [7, 11) is 0. The number of amides is 2. The van der Waals surface area contributed by atoms with Crippen LogP contribution in [0.2, 0.25) is 0 Å². The number of nitrogens with one attached hydrogen (secondary N) is 2. The van der Waals surface area contributed by atoms with Crippen molar-refractivity contribution < 1.29 is 24.3 Å². The number of carbonyl (C=O) groups is 4. The molecule has 1 saturated heterocycles. The van der Waals surface area contributed by atoms with Crippen molar-refractivity contribution in [2.45, 2.75) is 31.3 Å². The van der Waals surface area contributed by atoms with Crippen LogP contribution in [0.25, 0.3) is 0 Å². The van der Waals surface area contributed by atoms with Crippen molar-refractivity contribution in [3.63, 3.8) is 0 Å². The number of benzene rings is 1. The molecule has 1 saturated carbocycles. The largest absolute Gasteiger partial charge is 0.478 e. The van der Waals surface area contributed by atoms with Crippen LogP contribution in [0.4, 0.5) is 5.69 Å². The third kappa shape index (κ3) is 3.40. The zero-order valence-electron chi connectivity index (χ0n) is 14.5. The molecule has 2 aliphatic rings. The van der Waals surface area contributed by atoms with Crippen LogP contribution >= 0.6 is 0 Å². The normalized spacial score (nSPS) is 23.1. The van der Waals surface area contributed by atoms with Crippen molar-refractivity contribution in [2.75, 3.05) is 11.9 Å². The number of piperidine rings is 1. The fraction of sp³-hybridized carbons (Fsp3) is 0.389. The first-order chi connectivity index (χ1) is 12.8. The molecule has 3 atom stereocenters. The highest BCUT2D eigenvalue weighted by atomic mass is 16.4. The van der Waals surface area contributed by atoms with Gasteiger partial charge in [-0.25, -0.2) is 4.79 Å². The third-order valence-electron chi connectivity index (χ3n) is 5.28. The highest BCUT2D eigenvalue weighted by molar-refractivity contribution is 6.44. The van der Waals surface area contributed by atoms with Crippen molar-refractivity contribution in [1.29, 1.82) is 5.41 Å². The molecule has 1 aromatic carbocycles. The van der Waals surface area contributed by atoms with E-state index in [1.807, 2.05) is 0 Å². The molecule has 2 amide bonds. The van der Waals surface area contributed by atoms with E-state index in [2.05, 4.69) is 5.32 Å². The van der Waals surface area contributed by atoms with Gasteiger partial charge in [0.25, 0.3) is 5.91 Å². The van der Waals surface area contributed by atoms with E-state index < -0.39 is 23.6 Å². The average molecular weight is 372 g/mol. The van der Waals surface area contributed by atoms with Gasteiger partial charge in [0, 0.05) is 17.3 Å². The summed E-state index contributed by atoms with van der Waals surface area (Å²) in [5, 5.41) is 19.7. The maximum absolute atomic E-state index is 12.7. The quantitative estimate of drug-likeness (QED) is 0.397. The second-order valence-electron chi connectivity index (χ2n) is 6.81. The lowest BCUT2D eigenvalue weighted by molar-refractivity contribution is -0.136. The molecule has 1 aliphatic carbocycles. The fourth-order valence-electron chi connectivity index (χ4n) is 4.01. The number of hydrogen-bond acceptors (Lipinski definition) is 6. The number of likely N-dealkylation sites (tertiary alicyclic amines) is 1. The Hall–Kier alpha value is -3.23. The Bertz CT molecular complexity index is 837. The van der Waals surface area contributed by atoms with Gasteiger partial charge >= 0.3 is 5.97 Å². The molecule has 142 valence electrons. The van der Waals surface area contributed by atoms with Gasteiger partial charge in [0.15, 0.2) is 0 Å². The monoisotopic (exact) mass is 372 g/mol. The predicted octanol–water partition coefficient (Wildman–Crippen LogP) is 0.228. The summed E-state index contributed by atoms with van der Waals surface area (Å²) < 4.78 is 0. The predicted molar refractivity (Wildman–Crippen MR) is 95.7 cm³/mol. The molecule has 9 nitrogen and oxygen atoms in total. The molecule has 3 rings (SSSR count). The maximum Gasteiger partial charge on any atom is 0.335 e. The van der Waals surface area contributed by atoms with Gasteiger partial charge in [-0.05, 0) is 43.4 Å². The number of nitrogens with zero attached hydrogens (tertiary/aromatic N) is 1. The van der Waals surface area contributed by atoms with Gasteiger partial charge in [0.05, 0.1) is 18.2 Å². The summed E-state index contributed by atoms with van der Waals surface area (Å²) in [6.45, 7) is -0.185. The topological polar surface area (TPSA) is 154 Å². The molecular weight excluding hydrogens is 352 g/mol. The molecule has 5 N–H and O–H groups in total. The van der Waals surface area contributed by atoms with Crippen LogP contribution in [-0.2, 0) is 14.4 Å². The van der Waals surface area contributed by atoms with Gasteiger partial charge < -0.3 is 25.9 Å². The van der Waals surface area contributed by atoms with Crippen molar-refractivity contribution in [3.05, 3.63) is 29.3 Å². The number of hydrogen-bond donors (Lipinski definition) is 4. The Morgan fingerprint density at radius 1 is 1.33 bits per heavy atom. The van der Waals surface area contributed by atoms with Crippen molar-refractivity contribution in [1.82, 2.24) is 4.90 Å². The molecule has 0 spiro atoms. The lowest BCUT2D eigenvalue weighted by atomic mass is 10.00. The molecule has 1 heterocycles. The Kier molecular flexibility index (Phi) is 4.93. The Morgan fingerprint density at radius 2 is 2.07 bits per heavy atom. The van der Waals surface area contributed by atoms with E-state index in [0.717, 1.165) is 25.5 Å². The number of primary amides is 1. The lowest BCUT2D eigenvalue weighted by Gasteiger charge is -2.32. The molecule has 0 aromatic heterocycles. The maximum atomic E-state index is 12.7. The molecule has 1 aromatic rings. The van der Waals surface area contributed by atoms with Crippen molar-refractivity contribution >= 4 is 35.5 Å². The first-order valence-electron chi connectivity index (χ1n) is 8.60. The molecule has 3 unspecified atom stereocenters. The summed E-state index contributed by atoms with van der Waals surface area (Å²) >= 11 is 0. The number of carboxylic acid groups (broad SMARTS) is 1. The summed E-state index contributed by atoms with van der Waals surface area (Å²) in [6, 6.07) is 3.43. The van der Waals surface area contributed by atoms with E-state index >= 15 is 0 Å². The first-order valence-corrected chi connectivity index (χ1v) is 8.60. The summed E-state index contributed by atoms with van der Waals surface area (Å²) in [5.74, 6) is -2.23. The Morgan fingerprint density at radius 3 is 2.70 bits per heavy atom. The van der Waals surface area contributed by atoms with Crippen LogP contribution in [0.3, 0.4) is 0 Å².